The molecule has 0 saturated heterocycles. The number of hydrogen-bond donors (Lipinski definition) is 1. The Morgan fingerprint density at radius 1 is 1.25 bits per heavy atom. The minimum absolute atomic E-state index is 0.0373. The molecule has 98 valence electrons. The van der Waals surface area contributed by atoms with Gasteiger partial charge in [-0.2, -0.15) is 0 Å². The molecule has 0 aliphatic carbocycles. The van der Waals surface area contributed by atoms with Crippen LogP contribution in [0, 0.1) is 0 Å². The highest BCUT2D eigenvalue weighted by Gasteiger charge is 2.09. The molecule has 1 atom stereocenters. The summed E-state index contributed by atoms with van der Waals surface area (Å²) in [6.07, 6.45) is 2.44. The van der Waals surface area contributed by atoms with Crippen LogP contribution in [-0.4, -0.2) is 57.5 Å². The van der Waals surface area contributed by atoms with Crippen LogP contribution < -0.4 is 5.32 Å². The summed E-state index contributed by atoms with van der Waals surface area (Å²) in [7, 11) is -2.87. The second kappa shape index (κ2) is 8.03. The minimum atomic E-state index is -2.87. The van der Waals surface area contributed by atoms with Gasteiger partial charge in [0.15, 0.2) is 0 Å². The first kappa shape index (κ1) is 15.9. The van der Waals surface area contributed by atoms with E-state index in [-0.39, 0.29) is 11.8 Å². The number of nitrogens with zero attached hydrogens (tertiary/aromatic N) is 1. The van der Waals surface area contributed by atoms with E-state index in [0.29, 0.717) is 0 Å². The standard InChI is InChI=1S/C11H26N2O2S/c1-5-8-13(6-2)9-7-12-11(3)10-16(4,14)15/h11-12H,5-10H2,1-4H3. The predicted octanol–water partition coefficient (Wildman–Crippen LogP) is 0.741. The molecule has 0 spiro atoms. The first-order valence-corrected chi connectivity index (χ1v) is 8.08. The van der Waals surface area contributed by atoms with Gasteiger partial charge in [-0.15, -0.1) is 0 Å². The van der Waals surface area contributed by atoms with Crippen molar-refractivity contribution in [3.63, 3.8) is 0 Å². The molecule has 0 bridgehead atoms. The lowest BCUT2D eigenvalue weighted by atomic mass is 10.3. The molecule has 0 aromatic carbocycles. The van der Waals surface area contributed by atoms with E-state index in [1.165, 1.54) is 6.26 Å². The largest absolute Gasteiger partial charge is 0.312 e. The zero-order valence-electron chi connectivity index (χ0n) is 11.0. The highest BCUT2D eigenvalue weighted by atomic mass is 32.2. The zero-order chi connectivity index (χ0) is 12.6. The third-order valence-corrected chi connectivity index (χ3v) is 3.57. The van der Waals surface area contributed by atoms with Crippen molar-refractivity contribution in [2.24, 2.45) is 0 Å². The summed E-state index contributed by atoms with van der Waals surface area (Å²) in [4.78, 5) is 2.36. The Kier molecular flexibility index (Phi) is 7.97. The smallest absolute Gasteiger partial charge is 0.148 e. The number of rotatable bonds is 9. The Hall–Kier alpha value is -0.130. The van der Waals surface area contributed by atoms with Gasteiger partial charge in [-0.1, -0.05) is 13.8 Å². The molecule has 0 saturated carbocycles. The molecule has 0 heterocycles. The molecule has 1 unspecified atom stereocenters. The Balaban J connectivity index is 3.72. The summed E-state index contributed by atoms with van der Waals surface area (Å²) in [5, 5.41) is 3.24. The van der Waals surface area contributed by atoms with Gasteiger partial charge in [-0.05, 0) is 26.4 Å². The normalized spacial score (nSPS) is 14.3. The fourth-order valence-corrected chi connectivity index (χ4v) is 2.75. The van der Waals surface area contributed by atoms with E-state index in [2.05, 4.69) is 24.1 Å². The highest BCUT2D eigenvalue weighted by molar-refractivity contribution is 7.90. The number of sulfone groups is 1. The van der Waals surface area contributed by atoms with E-state index in [1.807, 2.05) is 6.92 Å². The fourth-order valence-electron chi connectivity index (χ4n) is 1.73. The summed E-state index contributed by atoms with van der Waals surface area (Å²) in [5.74, 6) is 0.215. The van der Waals surface area contributed by atoms with Crippen LogP contribution >= 0.6 is 0 Å². The molecule has 0 radical (unpaired) electrons. The van der Waals surface area contributed by atoms with Gasteiger partial charge in [0, 0.05) is 25.4 Å². The van der Waals surface area contributed by atoms with Crippen molar-refractivity contribution in [3.05, 3.63) is 0 Å². The van der Waals surface area contributed by atoms with Gasteiger partial charge in [0.2, 0.25) is 0 Å². The van der Waals surface area contributed by atoms with Crippen LogP contribution in [0.5, 0.6) is 0 Å². The van der Waals surface area contributed by atoms with Crippen molar-refractivity contribution in [1.82, 2.24) is 10.2 Å². The second-order valence-electron chi connectivity index (χ2n) is 4.38. The average molecular weight is 250 g/mol. The van der Waals surface area contributed by atoms with Crippen LogP contribution in [0.25, 0.3) is 0 Å². The monoisotopic (exact) mass is 250 g/mol. The average Bonchev–Trinajstić information content (AvgIpc) is 2.13. The van der Waals surface area contributed by atoms with Crippen LogP contribution in [0.2, 0.25) is 0 Å². The summed E-state index contributed by atoms with van der Waals surface area (Å²) < 4.78 is 22.1. The predicted molar refractivity (Wildman–Crippen MR) is 69.6 cm³/mol. The maximum atomic E-state index is 11.0. The van der Waals surface area contributed by atoms with Crippen molar-refractivity contribution in [3.8, 4) is 0 Å². The summed E-state index contributed by atoms with van der Waals surface area (Å²) in [6.45, 7) is 10.2. The lowest BCUT2D eigenvalue weighted by Gasteiger charge is -2.21. The van der Waals surface area contributed by atoms with Gasteiger partial charge in [-0.3, -0.25) is 0 Å². The van der Waals surface area contributed by atoms with Crippen LogP contribution in [0.3, 0.4) is 0 Å². The lowest BCUT2D eigenvalue weighted by Crippen LogP contribution is -2.39. The van der Waals surface area contributed by atoms with Gasteiger partial charge < -0.3 is 10.2 Å². The minimum Gasteiger partial charge on any atom is -0.312 e. The highest BCUT2D eigenvalue weighted by Crippen LogP contribution is 1.92. The molecule has 0 amide bonds. The van der Waals surface area contributed by atoms with E-state index in [9.17, 15) is 8.42 Å². The summed E-state index contributed by atoms with van der Waals surface area (Å²) >= 11 is 0. The molecule has 0 aliphatic heterocycles. The molecule has 0 aliphatic rings. The van der Waals surface area contributed by atoms with E-state index in [0.717, 1.165) is 32.6 Å². The van der Waals surface area contributed by atoms with Gasteiger partial charge in [0.25, 0.3) is 0 Å². The molecule has 0 fully saturated rings. The van der Waals surface area contributed by atoms with Crippen molar-refractivity contribution < 1.29 is 8.42 Å². The van der Waals surface area contributed by atoms with E-state index >= 15 is 0 Å². The van der Waals surface area contributed by atoms with Gasteiger partial charge in [-0.25, -0.2) is 8.42 Å². The Morgan fingerprint density at radius 3 is 2.31 bits per heavy atom. The van der Waals surface area contributed by atoms with E-state index in [1.54, 1.807) is 0 Å². The Labute approximate surface area is 100 Å². The summed E-state index contributed by atoms with van der Waals surface area (Å²) in [6, 6.07) is 0.0373. The first-order chi connectivity index (χ1) is 7.39. The molecule has 5 heteroatoms. The number of hydrogen-bond acceptors (Lipinski definition) is 4. The lowest BCUT2D eigenvalue weighted by molar-refractivity contribution is 0.285. The van der Waals surface area contributed by atoms with E-state index in [4.69, 9.17) is 0 Å². The van der Waals surface area contributed by atoms with Gasteiger partial charge in [0.1, 0.15) is 9.84 Å². The maximum absolute atomic E-state index is 11.0. The van der Waals surface area contributed by atoms with Crippen LogP contribution in [0.15, 0.2) is 0 Å². The quantitative estimate of drug-likeness (QED) is 0.656. The van der Waals surface area contributed by atoms with Crippen molar-refractivity contribution in [2.45, 2.75) is 33.2 Å². The molecular weight excluding hydrogens is 224 g/mol. The van der Waals surface area contributed by atoms with Crippen molar-refractivity contribution in [1.29, 1.82) is 0 Å². The molecular formula is C11H26N2O2S. The van der Waals surface area contributed by atoms with Gasteiger partial charge in [0.05, 0.1) is 5.75 Å². The third-order valence-electron chi connectivity index (χ3n) is 2.46. The topological polar surface area (TPSA) is 49.4 Å². The number of nitrogens with one attached hydrogen (secondary N) is 1. The molecule has 16 heavy (non-hydrogen) atoms. The van der Waals surface area contributed by atoms with Gasteiger partial charge >= 0.3 is 0 Å². The van der Waals surface area contributed by atoms with Crippen LogP contribution in [0.4, 0.5) is 0 Å². The first-order valence-electron chi connectivity index (χ1n) is 6.02. The molecule has 0 aromatic heterocycles. The zero-order valence-corrected chi connectivity index (χ0v) is 11.8. The van der Waals surface area contributed by atoms with Crippen molar-refractivity contribution in [2.75, 3.05) is 38.2 Å². The third kappa shape index (κ3) is 9.12. The van der Waals surface area contributed by atoms with E-state index < -0.39 is 9.84 Å². The second-order valence-corrected chi connectivity index (χ2v) is 6.57. The molecule has 0 rings (SSSR count). The van der Waals surface area contributed by atoms with Crippen molar-refractivity contribution >= 4 is 9.84 Å². The maximum Gasteiger partial charge on any atom is 0.148 e. The Bertz CT molecular complexity index is 265. The Morgan fingerprint density at radius 2 is 1.88 bits per heavy atom. The van der Waals surface area contributed by atoms with Crippen LogP contribution in [-0.2, 0) is 9.84 Å². The van der Waals surface area contributed by atoms with Crippen LogP contribution in [0.1, 0.15) is 27.2 Å². The molecule has 0 aromatic rings. The number of likely N-dealkylation sites (N-methyl/N-ethyl adjacent to an activating group) is 1. The molecule has 4 nitrogen and oxygen atoms in total. The molecule has 1 N–H and O–H groups in total. The summed E-state index contributed by atoms with van der Waals surface area (Å²) in [5.41, 5.74) is 0. The fraction of sp³-hybridized carbons (Fsp3) is 1.00. The SMILES string of the molecule is CCCN(CC)CCNC(C)CS(C)(=O)=O.